The Morgan fingerprint density at radius 3 is 3.12 bits per heavy atom. The molecule has 0 saturated heterocycles. The number of para-hydroxylation sites is 1. The second-order valence-corrected chi connectivity index (χ2v) is 4.72. The molecule has 0 aliphatic carbocycles. The van der Waals surface area contributed by atoms with E-state index in [1.807, 2.05) is 6.20 Å². The van der Waals surface area contributed by atoms with E-state index < -0.39 is 0 Å². The van der Waals surface area contributed by atoms with Gasteiger partial charge in [0.15, 0.2) is 0 Å². The zero-order valence-electron chi connectivity index (χ0n) is 10.1. The molecule has 88 valence electrons. The molecular formula is C14H17N3. The molecule has 0 fully saturated rings. The number of aromatic nitrogens is 2. The van der Waals surface area contributed by atoms with E-state index in [0.29, 0.717) is 6.04 Å². The topological polar surface area (TPSA) is 31.9 Å². The van der Waals surface area contributed by atoms with Gasteiger partial charge in [0, 0.05) is 17.9 Å². The van der Waals surface area contributed by atoms with E-state index >= 15 is 0 Å². The van der Waals surface area contributed by atoms with E-state index in [0.717, 1.165) is 6.54 Å². The zero-order valence-corrected chi connectivity index (χ0v) is 10.1. The van der Waals surface area contributed by atoms with Crippen LogP contribution in [0.4, 0.5) is 5.69 Å². The van der Waals surface area contributed by atoms with Gasteiger partial charge in [-0.05, 0) is 31.4 Å². The molecule has 0 bridgehead atoms. The van der Waals surface area contributed by atoms with Crippen LogP contribution in [0, 0.1) is 0 Å². The third-order valence-electron chi connectivity index (χ3n) is 3.56. The van der Waals surface area contributed by atoms with Gasteiger partial charge in [0.1, 0.15) is 0 Å². The van der Waals surface area contributed by atoms with Gasteiger partial charge in [0.2, 0.25) is 0 Å². The van der Waals surface area contributed by atoms with Crippen molar-refractivity contribution < 1.29 is 0 Å². The summed E-state index contributed by atoms with van der Waals surface area (Å²) in [4.78, 5) is 9.73. The molecule has 1 aromatic heterocycles. The molecule has 1 aromatic carbocycles. The maximum absolute atomic E-state index is 4.09. The second-order valence-electron chi connectivity index (χ2n) is 4.72. The average molecular weight is 227 g/mol. The number of anilines is 1. The molecule has 0 spiro atoms. The van der Waals surface area contributed by atoms with Crippen LogP contribution in [0.15, 0.2) is 36.8 Å². The van der Waals surface area contributed by atoms with Crippen molar-refractivity contribution in [1.82, 2.24) is 9.97 Å². The largest absolute Gasteiger partial charge is 0.363 e. The highest BCUT2D eigenvalue weighted by Gasteiger charge is 2.22. The SMILES string of the molecule is CC1CCc2ccccc2N1Cc1cnc[nH]1. The lowest BCUT2D eigenvalue weighted by atomic mass is 9.96. The van der Waals surface area contributed by atoms with Gasteiger partial charge >= 0.3 is 0 Å². The van der Waals surface area contributed by atoms with Gasteiger partial charge in [0.25, 0.3) is 0 Å². The molecule has 2 heterocycles. The molecule has 0 saturated carbocycles. The second kappa shape index (κ2) is 4.24. The van der Waals surface area contributed by atoms with Gasteiger partial charge in [0.05, 0.1) is 18.6 Å². The summed E-state index contributed by atoms with van der Waals surface area (Å²) in [6, 6.07) is 9.30. The van der Waals surface area contributed by atoms with E-state index in [1.54, 1.807) is 6.33 Å². The maximum atomic E-state index is 4.09. The lowest BCUT2D eigenvalue weighted by Gasteiger charge is -2.36. The fourth-order valence-electron chi connectivity index (χ4n) is 2.56. The summed E-state index contributed by atoms with van der Waals surface area (Å²) in [6.45, 7) is 3.21. The fraction of sp³-hybridized carbons (Fsp3) is 0.357. The van der Waals surface area contributed by atoms with Crippen molar-refractivity contribution in [3.8, 4) is 0 Å². The van der Waals surface area contributed by atoms with Crippen LogP contribution in [0.2, 0.25) is 0 Å². The zero-order chi connectivity index (χ0) is 11.7. The molecule has 1 aliphatic heterocycles. The Balaban J connectivity index is 1.92. The van der Waals surface area contributed by atoms with Crippen LogP contribution in [0.5, 0.6) is 0 Å². The molecule has 2 aromatic rings. The summed E-state index contributed by atoms with van der Waals surface area (Å²) in [7, 11) is 0. The lowest BCUT2D eigenvalue weighted by Crippen LogP contribution is -2.36. The fourth-order valence-corrected chi connectivity index (χ4v) is 2.56. The maximum Gasteiger partial charge on any atom is 0.0922 e. The molecular weight excluding hydrogens is 210 g/mol. The Bertz CT molecular complexity index is 490. The van der Waals surface area contributed by atoms with E-state index in [9.17, 15) is 0 Å². The first-order valence-corrected chi connectivity index (χ1v) is 6.16. The van der Waals surface area contributed by atoms with Gasteiger partial charge in [-0.1, -0.05) is 18.2 Å². The Morgan fingerprint density at radius 2 is 2.29 bits per heavy atom. The van der Waals surface area contributed by atoms with Crippen LogP contribution in [-0.2, 0) is 13.0 Å². The van der Waals surface area contributed by atoms with Crippen molar-refractivity contribution in [2.75, 3.05) is 4.90 Å². The molecule has 3 nitrogen and oxygen atoms in total. The van der Waals surface area contributed by atoms with Crippen LogP contribution in [0.1, 0.15) is 24.6 Å². The number of benzene rings is 1. The van der Waals surface area contributed by atoms with E-state index in [-0.39, 0.29) is 0 Å². The van der Waals surface area contributed by atoms with Crippen molar-refractivity contribution in [3.63, 3.8) is 0 Å². The lowest BCUT2D eigenvalue weighted by molar-refractivity contribution is 0.557. The van der Waals surface area contributed by atoms with Gasteiger partial charge in [-0.15, -0.1) is 0 Å². The summed E-state index contributed by atoms with van der Waals surface area (Å²) < 4.78 is 0. The van der Waals surface area contributed by atoms with Gasteiger partial charge in [-0.2, -0.15) is 0 Å². The first kappa shape index (κ1) is 10.4. The van der Waals surface area contributed by atoms with Crippen LogP contribution in [0.3, 0.4) is 0 Å². The minimum absolute atomic E-state index is 0.591. The van der Waals surface area contributed by atoms with Gasteiger partial charge in [-0.3, -0.25) is 0 Å². The van der Waals surface area contributed by atoms with Gasteiger partial charge < -0.3 is 9.88 Å². The Labute approximate surface area is 101 Å². The standard InChI is InChI=1S/C14H17N3/c1-11-6-7-12-4-2-3-5-14(12)17(11)9-13-8-15-10-16-13/h2-5,8,10-11H,6-7,9H2,1H3,(H,15,16). The summed E-state index contributed by atoms with van der Waals surface area (Å²) >= 11 is 0. The smallest absolute Gasteiger partial charge is 0.0922 e. The van der Waals surface area contributed by atoms with Crippen LogP contribution in [0.25, 0.3) is 0 Å². The third-order valence-corrected chi connectivity index (χ3v) is 3.56. The summed E-state index contributed by atoms with van der Waals surface area (Å²) in [6.07, 6.45) is 6.07. The number of aryl methyl sites for hydroxylation is 1. The van der Waals surface area contributed by atoms with Crippen molar-refractivity contribution in [2.24, 2.45) is 0 Å². The summed E-state index contributed by atoms with van der Waals surface area (Å²) in [5, 5.41) is 0. The predicted octanol–water partition coefficient (Wildman–Crippen LogP) is 2.75. The number of aromatic amines is 1. The molecule has 3 rings (SSSR count). The van der Waals surface area contributed by atoms with Crippen LogP contribution < -0.4 is 4.90 Å². The highest BCUT2D eigenvalue weighted by Crippen LogP contribution is 2.31. The molecule has 1 aliphatic rings. The minimum atomic E-state index is 0.591. The Kier molecular flexibility index (Phi) is 2.59. The number of nitrogens with one attached hydrogen (secondary N) is 1. The Morgan fingerprint density at radius 1 is 1.41 bits per heavy atom. The number of H-pyrrole nitrogens is 1. The quantitative estimate of drug-likeness (QED) is 0.855. The first-order valence-electron chi connectivity index (χ1n) is 6.16. The van der Waals surface area contributed by atoms with Crippen molar-refractivity contribution in [1.29, 1.82) is 0 Å². The van der Waals surface area contributed by atoms with Crippen LogP contribution in [-0.4, -0.2) is 16.0 Å². The molecule has 1 N–H and O–H groups in total. The number of hydrogen-bond donors (Lipinski definition) is 1. The van der Waals surface area contributed by atoms with Crippen molar-refractivity contribution in [3.05, 3.63) is 48.0 Å². The highest BCUT2D eigenvalue weighted by molar-refractivity contribution is 5.56. The molecule has 1 atom stereocenters. The van der Waals surface area contributed by atoms with Crippen LogP contribution >= 0.6 is 0 Å². The van der Waals surface area contributed by atoms with E-state index in [4.69, 9.17) is 0 Å². The van der Waals surface area contributed by atoms with E-state index in [2.05, 4.69) is 46.1 Å². The number of imidazole rings is 1. The summed E-state index contributed by atoms with van der Waals surface area (Å²) in [5.41, 5.74) is 4.01. The average Bonchev–Trinajstić information content (AvgIpc) is 2.86. The molecule has 0 radical (unpaired) electrons. The normalized spacial score (nSPS) is 19.1. The molecule has 17 heavy (non-hydrogen) atoms. The predicted molar refractivity (Wildman–Crippen MR) is 69.0 cm³/mol. The Hall–Kier alpha value is -1.77. The number of nitrogens with zero attached hydrogens (tertiary/aromatic N) is 2. The summed E-state index contributed by atoms with van der Waals surface area (Å²) in [5.74, 6) is 0. The third kappa shape index (κ3) is 1.93. The molecule has 0 amide bonds. The van der Waals surface area contributed by atoms with Gasteiger partial charge in [-0.25, -0.2) is 4.98 Å². The molecule has 1 unspecified atom stereocenters. The number of hydrogen-bond acceptors (Lipinski definition) is 2. The minimum Gasteiger partial charge on any atom is -0.363 e. The van der Waals surface area contributed by atoms with Crippen molar-refractivity contribution >= 4 is 5.69 Å². The first-order chi connectivity index (χ1) is 8.34. The molecule has 3 heteroatoms. The number of fused-ring (bicyclic) bond motifs is 1. The highest BCUT2D eigenvalue weighted by atomic mass is 15.2. The van der Waals surface area contributed by atoms with E-state index in [1.165, 1.54) is 29.8 Å². The number of rotatable bonds is 2. The monoisotopic (exact) mass is 227 g/mol. The van der Waals surface area contributed by atoms with Crippen molar-refractivity contribution in [2.45, 2.75) is 32.4 Å².